The summed E-state index contributed by atoms with van der Waals surface area (Å²) in [4.78, 5) is 13.5. The minimum atomic E-state index is -2.86. The molecule has 1 rings (SSSR count). The van der Waals surface area contributed by atoms with Crippen molar-refractivity contribution in [3.8, 4) is 0 Å². The van der Waals surface area contributed by atoms with Crippen molar-refractivity contribution < 1.29 is 13.9 Å². The third-order valence-electron chi connectivity index (χ3n) is 1.50. The topological polar surface area (TPSA) is 53.1 Å². The summed E-state index contributed by atoms with van der Waals surface area (Å²) < 4.78 is 25.0. The molecule has 13 heavy (non-hydrogen) atoms. The van der Waals surface area contributed by atoms with Crippen LogP contribution < -0.4 is 5.43 Å². The standard InChI is InChI=1S/C7H6F2INO2/c8-7(9)6-3(2-12)11-5(10)1-4(6)13/h1,7,12H,2H2,(H,11,13). The zero-order valence-electron chi connectivity index (χ0n) is 6.35. The van der Waals surface area contributed by atoms with E-state index in [9.17, 15) is 13.6 Å². The maximum absolute atomic E-state index is 12.3. The summed E-state index contributed by atoms with van der Waals surface area (Å²) in [6, 6.07) is 1.07. The van der Waals surface area contributed by atoms with Crippen molar-refractivity contribution in [3.05, 3.63) is 31.2 Å². The van der Waals surface area contributed by atoms with Gasteiger partial charge in [-0.3, -0.25) is 4.79 Å². The molecule has 72 valence electrons. The molecule has 1 aromatic heterocycles. The molecule has 0 saturated carbocycles. The quantitative estimate of drug-likeness (QED) is 0.641. The number of aliphatic hydroxyl groups is 1. The molecule has 6 heteroatoms. The number of hydrogen-bond acceptors (Lipinski definition) is 2. The van der Waals surface area contributed by atoms with Crippen molar-refractivity contribution in [2.24, 2.45) is 0 Å². The highest BCUT2D eigenvalue weighted by molar-refractivity contribution is 14.1. The van der Waals surface area contributed by atoms with Gasteiger partial charge in [0.1, 0.15) is 0 Å². The Balaban J connectivity index is 3.39. The highest BCUT2D eigenvalue weighted by Gasteiger charge is 2.17. The van der Waals surface area contributed by atoms with E-state index in [2.05, 4.69) is 4.98 Å². The first-order valence-electron chi connectivity index (χ1n) is 3.37. The zero-order chi connectivity index (χ0) is 10.0. The molecule has 0 aliphatic rings. The lowest BCUT2D eigenvalue weighted by atomic mass is 10.2. The summed E-state index contributed by atoms with van der Waals surface area (Å²) in [5.74, 6) is 0. The molecule has 0 saturated heterocycles. The van der Waals surface area contributed by atoms with Crippen LogP contribution in [0, 0.1) is 3.70 Å². The predicted molar refractivity (Wildman–Crippen MR) is 50.7 cm³/mol. The van der Waals surface area contributed by atoms with Crippen LogP contribution >= 0.6 is 22.6 Å². The van der Waals surface area contributed by atoms with Crippen LogP contribution in [-0.4, -0.2) is 10.1 Å². The normalized spacial score (nSPS) is 10.8. The summed E-state index contributed by atoms with van der Waals surface area (Å²) in [5.41, 5.74) is -1.52. The lowest BCUT2D eigenvalue weighted by Crippen LogP contribution is -2.15. The molecular weight excluding hydrogens is 295 g/mol. The van der Waals surface area contributed by atoms with E-state index in [1.807, 2.05) is 0 Å². The van der Waals surface area contributed by atoms with E-state index in [1.54, 1.807) is 22.6 Å². The fourth-order valence-corrected chi connectivity index (χ4v) is 1.56. The zero-order valence-corrected chi connectivity index (χ0v) is 8.51. The Bertz CT molecular complexity index is 364. The molecule has 1 heterocycles. The van der Waals surface area contributed by atoms with Gasteiger partial charge in [0.25, 0.3) is 6.43 Å². The van der Waals surface area contributed by atoms with E-state index in [0.717, 1.165) is 6.07 Å². The molecule has 0 aliphatic carbocycles. The van der Waals surface area contributed by atoms with Crippen LogP contribution in [0.2, 0.25) is 0 Å². The Kier molecular flexibility index (Phi) is 3.37. The average Bonchev–Trinajstić information content (AvgIpc) is 2.01. The van der Waals surface area contributed by atoms with Crippen molar-refractivity contribution in [1.29, 1.82) is 0 Å². The maximum atomic E-state index is 12.3. The van der Waals surface area contributed by atoms with Crippen molar-refractivity contribution >= 4 is 22.6 Å². The van der Waals surface area contributed by atoms with Gasteiger partial charge in [0.05, 0.1) is 21.6 Å². The van der Waals surface area contributed by atoms with E-state index in [0.29, 0.717) is 3.70 Å². The number of rotatable bonds is 2. The number of hydrogen-bond donors (Lipinski definition) is 2. The molecule has 0 aliphatic heterocycles. The molecule has 0 radical (unpaired) electrons. The minimum Gasteiger partial charge on any atom is -0.390 e. The van der Waals surface area contributed by atoms with Crippen LogP contribution in [-0.2, 0) is 6.61 Å². The van der Waals surface area contributed by atoms with Gasteiger partial charge in [0.15, 0.2) is 5.43 Å². The Morgan fingerprint density at radius 2 is 2.23 bits per heavy atom. The molecule has 0 bridgehead atoms. The molecule has 0 aromatic carbocycles. The lowest BCUT2D eigenvalue weighted by Gasteiger charge is -2.05. The summed E-state index contributed by atoms with van der Waals surface area (Å²) in [7, 11) is 0. The average molecular weight is 301 g/mol. The van der Waals surface area contributed by atoms with Gasteiger partial charge < -0.3 is 10.1 Å². The van der Waals surface area contributed by atoms with E-state index < -0.39 is 24.0 Å². The SMILES string of the molecule is O=c1cc(I)[nH]c(CO)c1C(F)F. The minimum absolute atomic E-state index is 0.119. The molecule has 0 unspecified atom stereocenters. The Hall–Kier alpha value is -0.500. The Labute approximate surface area is 85.9 Å². The van der Waals surface area contributed by atoms with Gasteiger partial charge in [-0.2, -0.15) is 0 Å². The number of alkyl halides is 2. The first-order valence-corrected chi connectivity index (χ1v) is 4.44. The van der Waals surface area contributed by atoms with Crippen LogP contribution in [0.25, 0.3) is 0 Å². The van der Waals surface area contributed by atoms with Crippen LogP contribution in [0.3, 0.4) is 0 Å². The molecular formula is C7H6F2INO2. The first-order chi connectivity index (χ1) is 6.06. The summed E-state index contributed by atoms with van der Waals surface area (Å²) >= 11 is 1.78. The van der Waals surface area contributed by atoms with E-state index in [-0.39, 0.29) is 5.69 Å². The van der Waals surface area contributed by atoms with Crippen LogP contribution in [0.4, 0.5) is 8.78 Å². The molecule has 0 spiro atoms. The van der Waals surface area contributed by atoms with E-state index in [4.69, 9.17) is 5.11 Å². The second-order valence-corrected chi connectivity index (χ2v) is 3.49. The van der Waals surface area contributed by atoms with Gasteiger partial charge >= 0.3 is 0 Å². The first kappa shape index (κ1) is 10.6. The fraction of sp³-hybridized carbons (Fsp3) is 0.286. The molecule has 0 fully saturated rings. The van der Waals surface area contributed by atoms with Crippen LogP contribution in [0.5, 0.6) is 0 Å². The molecule has 3 nitrogen and oxygen atoms in total. The number of aliphatic hydroxyl groups excluding tert-OH is 1. The van der Waals surface area contributed by atoms with Gasteiger partial charge in [-0.1, -0.05) is 0 Å². The van der Waals surface area contributed by atoms with E-state index in [1.165, 1.54) is 0 Å². The number of H-pyrrole nitrogens is 1. The monoisotopic (exact) mass is 301 g/mol. The number of nitrogens with one attached hydrogen (secondary N) is 1. The lowest BCUT2D eigenvalue weighted by molar-refractivity contribution is 0.144. The Morgan fingerprint density at radius 3 is 2.69 bits per heavy atom. The van der Waals surface area contributed by atoms with Crippen molar-refractivity contribution in [3.63, 3.8) is 0 Å². The number of aromatic amines is 1. The highest BCUT2D eigenvalue weighted by atomic mass is 127. The Morgan fingerprint density at radius 1 is 1.62 bits per heavy atom. The number of halogens is 3. The third kappa shape index (κ3) is 2.25. The summed E-state index contributed by atoms with van der Waals surface area (Å²) in [6.07, 6.45) is -2.86. The van der Waals surface area contributed by atoms with Gasteiger partial charge in [-0.05, 0) is 22.6 Å². The summed E-state index contributed by atoms with van der Waals surface area (Å²) in [6.45, 7) is -0.592. The summed E-state index contributed by atoms with van der Waals surface area (Å²) in [5, 5.41) is 8.71. The van der Waals surface area contributed by atoms with Crippen molar-refractivity contribution in [1.82, 2.24) is 4.98 Å². The third-order valence-corrected chi connectivity index (χ3v) is 2.08. The largest absolute Gasteiger partial charge is 0.390 e. The molecule has 1 aromatic rings. The van der Waals surface area contributed by atoms with Gasteiger partial charge in [0.2, 0.25) is 0 Å². The number of aromatic nitrogens is 1. The van der Waals surface area contributed by atoms with Gasteiger partial charge in [-0.25, -0.2) is 8.78 Å². The van der Waals surface area contributed by atoms with Gasteiger partial charge in [0, 0.05) is 6.07 Å². The van der Waals surface area contributed by atoms with Crippen molar-refractivity contribution in [2.45, 2.75) is 13.0 Å². The number of pyridine rings is 1. The highest BCUT2D eigenvalue weighted by Crippen LogP contribution is 2.18. The fourth-order valence-electron chi connectivity index (χ4n) is 0.953. The smallest absolute Gasteiger partial charge is 0.269 e. The molecule has 0 atom stereocenters. The second kappa shape index (κ2) is 4.14. The van der Waals surface area contributed by atoms with Crippen molar-refractivity contribution in [2.75, 3.05) is 0 Å². The van der Waals surface area contributed by atoms with Gasteiger partial charge in [-0.15, -0.1) is 0 Å². The molecule has 2 N–H and O–H groups in total. The maximum Gasteiger partial charge on any atom is 0.269 e. The van der Waals surface area contributed by atoms with E-state index >= 15 is 0 Å². The predicted octanol–water partition coefficient (Wildman–Crippen LogP) is 1.41. The van der Waals surface area contributed by atoms with Crippen LogP contribution in [0.15, 0.2) is 10.9 Å². The second-order valence-electron chi connectivity index (χ2n) is 2.33. The molecule has 0 amide bonds. The van der Waals surface area contributed by atoms with Crippen LogP contribution in [0.1, 0.15) is 17.7 Å².